The van der Waals surface area contributed by atoms with E-state index in [1.54, 1.807) is 6.07 Å². The number of carbonyl (C=O) groups excluding carboxylic acids is 2. The van der Waals surface area contributed by atoms with Gasteiger partial charge in [0, 0.05) is 0 Å². The fourth-order valence-corrected chi connectivity index (χ4v) is 1.99. The average Bonchev–Trinajstić information content (AvgIpc) is 2.66. The van der Waals surface area contributed by atoms with Gasteiger partial charge in [-0.2, -0.15) is 0 Å². The molecule has 0 heterocycles. The Kier molecular flexibility index (Phi) is 6.05. The molecule has 0 atom stereocenters. The second kappa shape index (κ2) is 8.24. The lowest BCUT2D eigenvalue weighted by Gasteiger charge is -2.11. The molecule has 0 saturated heterocycles. The number of carbonyl (C=O) groups is 2. The molecule has 0 radical (unpaired) electrons. The SMILES string of the molecule is COc1ccc(OC)c(C(=O)OCC(=O)Nc2ccc(F)c(F)c2F)c1. The summed E-state index contributed by atoms with van der Waals surface area (Å²) in [6.07, 6.45) is 0. The zero-order chi connectivity index (χ0) is 19.3. The standard InChI is InChI=1S/C17H14F3NO5/c1-24-9-3-6-13(25-2)10(7-9)17(23)26-8-14(22)21-12-5-4-11(18)15(19)16(12)20/h3-7H,8H2,1-2H3,(H,21,22). The van der Waals surface area contributed by atoms with Crippen molar-refractivity contribution in [2.24, 2.45) is 0 Å². The van der Waals surface area contributed by atoms with E-state index in [0.717, 1.165) is 6.07 Å². The minimum atomic E-state index is -1.72. The zero-order valence-electron chi connectivity index (χ0n) is 13.8. The summed E-state index contributed by atoms with van der Waals surface area (Å²) in [6, 6.07) is 5.90. The molecule has 1 N–H and O–H groups in total. The number of nitrogens with one attached hydrogen (secondary N) is 1. The molecule has 0 aliphatic rings. The highest BCUT2D eigenvalue weighted by atomic mass is 19.2. The summed E-state index contributed by atoms with van der Waals surface area (Å²) in [5.41, 5.74) is -0.567. The molecule has 0 spiro atoms. The second-order valence-corrected chi connectivity index (χ2v) is 4.91. The minimum Gasteiger partial charge on any atom is -0.497 e. The van der Waals surface area contributed by atoms with Crippen molar-refractivity contribution in [3.63, 3.8) is 0 Å². The van der Waals surface area contributed by atoms with Crippen molar-refractivity contribution in [2.45, 2.75) is 0 Å². The molecule has 2 rings (SSSR count). The third-order valence-electron chi connectivity index (χ3n) is 3.27. The first-order chi connectivity index (χ1) is 12.4. The van der Waals surface area contributed by atoms with E-state index in [4.69, 9.17) is 14.2 Å². The number of halogens is 3. The van der Waals surface area contributed by atoms with Gasteiger partial charge in [-0.3, -0.25) is 4.79 Å². The quantitative estimate of drug-likeness (QED) is 0.626. The van der Waals surface area contributed by atoms with Crippen LogP contribution in [0.15, 0.2) is 30.3 Å². The van der Waals surface area contributed by atoms with Gasteiger partial charge in [0.2, 0.25) is 0 Å². The van der Waals surface area contributed by atoms with Crippen LogP contribution >= 0.6 is 0 Å². The van der Waals surface area contributed by atoms with Crippen molar-refractivity contribution in [3.8, 4) is 11.5 Å². The summed E-state index contributed by atoms with van der Waals surface area (Å²) in [6.45, 7) is -0.780. The van der Waals surface area contributed by atoms with Gasteiger partial charge in [-0.1, -0.05) is 0 Å². The number of hydrogen-bond donors (Lipinski definition) is 1. The lowest BCUT2D eigenvalue weighted by Crippen LogP contribution is -2.22. The molecule has 2 aromatic rings. The molecule has 6 nitrogen and oxygen atoms in total. The summed E-state index contributed by atoms with van der Waals surface area (Å²) >= 11 is 0. The van der Waals surface area contributed by atoms with E-state index >= 15 is 0 Å². The Morgan fingerprint density at radius 2 is 1.73 bits per heavy atom. The fraction of sp³-hybridized carbons (Fsp3) is 0.176. The topological polar surface area (TPSA) is 73.9 Å². The van der Waals surface area contributed by atoms with Gasteiger partial charge >= 0.3 is 5.97 Å². The van der Waals surface area contributed by atoms with Crippen LogP contribution in [-0.2, 0) is 9.53 Å². The minimum absolute atomic E-state index is 0.0126. The first kappa shape index (κ1) is 19.1. The summed E-state index contributed by atoms with van der Waals surface area (Å²) < 4.78 is 54.3. The third-order valence-corrected chi connectivity index (χ3v) is 3.27. The largest absolute Gasteiger partial charge is 0.497 e. The van der Waals surface area contributed by atoms with Crippen molar-refractivity contribution in [1.82, 2.24) is 0 Å². The average molecular weight is 369 g/mol. The predicted octanol–water partition coefficient (Wildman–Crippen LogP) is 2.92. The highest BCUT2D eigenvalue weighted by Crippen LogP contribution is 2.25. The van der Waals surface area contributed by atoms with Gasteiger partial charge in [0.1, 0.15) is 17.1 Å². The third kappa shape index (κ3) is 4.24. The number of hydrogen-bond acceptors (Lipinski definition) is 5. The Balaban J connectivity index is 2.04. The van der Waals surface area contributed by atoms with Crippen LogP contribution in [-0.4, -0.2) is 32.7 Å². The van der Waals surface area contributed by atoms with Crippen molar-refractivity contribution in [1.29, 1.82) is 0 Å². The normalized spacial score (nSPS) is 10.2. The van der Waals surface area contributed by atoms with E-state index in [1.165, 1.54) is 26.4 Å². The Labute approximate surface area is 146 Å². The zero-order valence-corrected chi connectivity index (χ0v) is 13.8. The Morgan fingerprint density at radius 1 is 1.00 bits per heavy atom. The first-order valence-corrected chi connectivity index (χ1v) is 7.20. The maximum atomic E-state index is 13.5. The first-order valence-electron chi connectivity index (χ1n) is 7.20. The molecule has 0 unspecified atom stereocenters. The monoisotopic (exact) mass is 369 g/mol. The maximum Gasteiger partial charge on any atom is 0.342 e. The van der Waals surface area contributed by atoms with Crippen LogP contribution in [0.25, 0.3) is 0 Å². The van der Waals surface area contributed by atoms with Crippen molar-refractivity contribution >= 4 is 17.6 Å². The summed E-state index contributed by atoms with van der Waals surface area (Å²) in [5.74, 6) is -5.93. The van der Waals surface area contributed by atoms with E-state index in [-0.39, 0.29) is 11.3 Å². The number of esters is 1. The van der Waals surface area contributed by atoms with E-state index in [2.05, 4.69) is 0 Å². The van der Waals surface area contributed by atoms with E-state index in [9.17, 15) is 22.8 Å². The number of ether oxygens (including phenoxy) is 3. The van der Waals surface area contributed by atoms with Crippen LogP contribution in [0.1, 0.15) is 10.4 Å². The van der Waals surface area contributed by atoms with Gasteiger partial charge in [-0.05, 0) is 30.3 Å². The molecule has 0 aliphatic carbocycles. The Hall–Kier alpha value is -3.23. The van der Waals surface area contributed by atoms with Crippen LogP contribution in [0.2, 0.25) is 0 Å². The van der Waals surface area contributed by atoms with Gasteiger partial charge in [0.15, 0.2) is 24.1 Å². The van der Waals surface area contributed by atoms with Gasteiger partial charge in [0.25, 0.3) is 5.91 Å². The van der Waals surface area contributed by atoms with Gasteiger partial charge in [-0.25, -0.2) is 18.0 Å². The molecular formula is C17H14F3NO5. The van der Waals surface area contributed by atoms with E-state index in [0.29, 0.717) is 11.8 Å². The van der Waals surface area contributed by atoms with Crippen LogP contribution in [0.3, 0.4) is 0 Å². The lowest BCUT2D eigenvalue weighted by atomic mass is 10.2. The Bertz CT molecular complexity index is 841. The molecule has 0 saturated carbocycles. The van der Waals surface area contributed by atoms with Crippen molar-refractivity contribution in [3.05, 3.63) is 53.3 Å². The second-order valence-electron chi connectivity index (χ2n) is 4.91. The summed E-state index contributed by atoms with van der Waals surface area (Å²) in [7, 11) is 2.75. The predicted molar refractivity (Wildman–Crippen MR) is 84.8 cm³/mol. The number of rotatable bonds is 6. The van der Waals surface area contributed by atoms with Crippen LogP contribution in [0.4, 0.5) is 18.9 Å². The highest BCUT2D eigenvalue weighted by molar-refractivity contribution is 5.97. The van der Waals surface area contributed by atoms with E-state index in [1.807, 2.05) is 5.32 Å². The molecule has 0 fully saturated rings. The van der Waals surface area contributed by atoms with Gasteiger partial charge in [0.05, 0.1) is 19.9 Å². The van der Waals surface area contributed by atoms with Gasteiger partial charge in [-0.15, -0.1) is 0 Å². The summed E-state index contributed by atoms with van der Waals surface area (Å²) in [5, 5.41) is 1.98. The highest BCUT2D eigenvalue weighted by Gasteiger charge is 2.18. The summed E-state index contributed by atoms with van der Waals surface area (Å²) in [4.78, 5) is 23.8. The Morgan fingerprint density at radius 3 is 2.38 bits per heavy atom. The molecule has 0 aromatic heterocycles. The van der Waals surface area contributed by atoms with E-state index < -0.39 is 41.6 Å². The molecule has 138 valence electrons. The molecule has 0 aliphatic heterocycles. The molecule has 1 amide bonds. The smallest absolute Gasteiger partial charge is 0.342 e. The molecule has 9 heteroatoms. The molecule has 26 heavy (non-hydrogen) atoms. The van der Waals surface area contributed by atoms with Crippen LogP contribution in [0, 0.1) is 17.5 Å². The maximum absolute atomic E-state index is 13.5. The molecule has 0 bridgehead atoms. The lowest BCUT2D eigenvalue weighted by molar-refractivity contribution is -0.119. The fourth-order valence-electron chi connectivity index (χ4n) is 1.99. The van der Waals surface area contributed by atoms with Gasteiger partial charge < -0.3 is 19.5 Å². The number of methoxy groups -OCH3 is 2. The molecule has 2 aromatic carbocycles. The van der Waals surface area contributed by atoms with Crippen molar-refractivity contribution < 1.29 is 37.0 Å². The number of benzene rings is 2. The van der Waals surface area contributed by atoms with Crippen LogP contribution in [0.5, 0.6) is 11.5 Å². The molecular weight excluding hydrogens is 355 g/mol. The number of anilines is 1. The van der Waals surface area contributed by atoms with Crippen LogP contribution < -0.4 is 14.8 Å². The number of amides is 1. The van der Waals surface area contributed by atoms with Crippen molar-refractivity contribution in [2.75, 3.05) is 26.1 Å².